The Balaban J connectivity index is 1.88. The van der Waals surface area contributed by atoms with E-state index in [2.05, 4.69) is 0 Å². The zero-order valence-corrected chi connectivity index (χ0v) is 18.5. The first-order valence-corrected chi connectivity index (χ1v) is 11.7. The van der Waals surface area contributed by atoms with E-state index in [-0.39, 0.29) is 10.8 Å². The molecule has 8 nitrogen and oxygen atoms in total. The monoisotopic (exact) mass is 427 g/mol. The Morgan fingerprint density at radius 2 is 1.62 bits per heavy atom. The van der Waals surface area contributed by atoms with Gasteiger partial charge in [0.25, 0.3) is 0 Å². The first kappa shape index (κ1) is 23.6. The molecule has 0 unspecified atom stereocenters. The predicted octanol–water partition coefficient (Wildman–Crippen LogP) is 1.28. The number of nitrogens with zero attached hydrogens (tertiary/aromatic N) is 3. The number of hydrogen-bond donors (Lipinski definition) is 0. The predicted molar refractivity (Wildman–Crippen MR) is 112 cm³/mol. The molecule has 1 amide bonds. The topological polar surface area (TPSA) is 79.4 Å². The third kappa shape index (κ3) is 6.67. The Morgan fingerprint density at radius 3 is 2.17 bits per heavy atom. The number of hydrogen-bond acceptors (Lipinski definition) is 6. The highest BCUT2D eigenvalue weighted by Gasteiger charge is 2.29. The normalized spacial score (nSPS) is 16.0. The van der Waals surface area contributed by atoms with Crippen molar-refractivity contribution in [3.8, 4) is 5.75 Å². The minimum Gasteiger partial charge on any atom is -0.491 e. The van der Waals surface area contributed by atoms with Gasteiger partial charge in [0.2, 0.25) is 15.9 Å². The summed E-state index contributed by atoms with van der Waals surface area (Å²) in [5.41, 5.74) is 0. The van der Waals surface area contributed by atoms with Gasteiger partial charge in [-0.2, -0.15) is 4.31 Å². The van der Waals surface area contributed by atoms with Crippen LogP contribution in [-0.2, 0) is 19.6 Å². The van der Waals surface area contributed by atoms with Crippen LogP contribution in [0, 0.1) is 0 Å². The third-order valence-electron chi connectivity index (χ3n) is 4.97. The molecule has 164 valence electrons. The molecule has 0 atom stereocenters. The molecule has 0 radical (unpaired) electrons. The van der Waals surface area contributed by atoms with Crippen LogP contribution in [0.1, 0.15) is 20.8 Å². The largest absolute Gasteiger partial charge is 0.491 e. The molecule has 1 aromatic rings. The molecule has 0 spiro atoms. The Bertz CT molecular complexity index is 727. The molecule has 29 heavy (non-hydrogen) atoms. The maximum atomic E-state index is 12.9. The highest BCUT2D eigenvalue weighted by atomic mass is 32.2. The zero-order valence-electron chi connectivity index (χ0n) is 17.7. The molecule has 1 aliphatic heterocycles. The van der Waals surface area contributed by atoms with Gasteiger partial charge in [-0.05, 0) is 45.0 Å². The van der Waals surface area contributed by atoms with Gasteiger partial charge in [-0.3, -0.25) is 9.69 Å². The van der Waals surface area contributed by atoms with Crippen LogP contribution in [0.15, 0.2) is 29.2 Å². The van der Waals surface area contributed by atoms with Crippen molar-refractivity contribution >= 4 is 15.9 Å². The van der Waals surface area contributed by atoms with Crippen LogP contribution in [0.5, 0.6) is 5.75 Å². The number of amides is 1. The number of likely N-dealkylation sites (N-methyl/N-ethyl adjacent to an activating group) is 1. The van der Waals surface area contributed by atoms with Crippen LogP contribution in [-0.4, -0.2) is 94.1 Å². The second-order valence-electron chi connectivity index (χ2n) is 6.76. The number of ether oxygens (including phenoxy) is 2. The number of carbonyl (C=O) groups is 1. The summed E-state index contributed by atoms with van der Waals surface area (Å²) in [5, 5.41) is 0. The number of sulfonamides is 1. The van der Waals surface area contributed by atoms with E-state index >= 15 is 0 Å². The summed E-state index contributed by atoms with van der Waals surface area (Å²) >= 11 is 0. The molecule has 1 saturated heterocycles. The van der Waals surface area contributed by atoms with Gasteiger partial charge in [-0.25, -0.2) is 8.42 Å². The Labute approximate surface area is 174 Å². The van der Waals surface area contributed by atoms with Crippen LogP contribution in [0.3, 0.4) is 0 Å². The summed E-state index contributed by atoms with van der Waals surface area (Å²) in [5.74, 6) is 0.703. The molecular formula is C20H33N3O5S. The lowest BCUT2D eigenvalue weighted by atomic mass is 10.3. The lowest BCUT2D eigenvalue weighted by Gasteiger charge is -2.34. The van der Waals surface area contributed by atoms with Gasteiger partial charge in [0, 0.05) is 45.9 Å². The molecule has 0 bridgehead atoms. The van der Waals surface area contributed by atoms with E-state index in [1.54, 1.807) is 29.2 Å². The first-order chi connectivity index (χ1) is 13.9. The molecule has 1 heterocycles. The molecule has 1 fully saturated rings. The summed E-state index contributed by atoms with van der Waals surface area (Å²) in [6, 6.07) is 6.47. The van der Waals surface area contributed by atoms with Gasteiger partial charge in [-0.1, -0.05) is 0 Å². The number of rotatable bonds is 11. The van der Waals surface area contributed by atoms with Crippen LogP contribution >= 0.6 is 0 Å². The third-order valence-corrected chi connectivity index (χ3v) is 6.88. The van der Waals surface area contributed by atoms with Crippen LogP contribution in [0.4, 0.5) is 0 Å². The van der Waals surface area contributed by atoms with Crippen LogP contribution < -0.4 is 4.74 Å². The van der Waals surface area contributed by atoms with Gasteiger partial charge >= 0.3 is 0 Å². The van der Waals surface area contributed by atoms with Crippen LogP contribution in [0.25, 0.3) is 0 Å². The van der Waals surface area contributed by atoms with Crippen molar-refractivity contribution in [3.05, 3.63) is 24.3 Å². The maximum Gasteiger partial charge on any atom is 0.243 e. The van der Waals surface area contributed by atoms with E-state index in [0.717, 1.165) is 0 Å². The molecule has 0 N–H and O–H groups in total. The standard InChI is InChI=1S/C20H33N3O5S/c1-4-22(5-2)20(24)17-21-11-13-23(14-12-21)29(25,26)19-9-7-18(8-10-19)28-16-15-27-6-3/h7-10H,4-6,11-17H2,1-3H3. The van der Waals surface area contributed by atoms with E-state index in [0.29, 0.717) is 71.4 Å². The summed E-state index contributed by atoms with van der Waals surface area (Å²) in [4.78, 5) is 16.3. The second-order valence-corrected chi connectivity index (χ2v) is 8.70. The highest BCUT2D eigenvalue weighted by molar-refractivity contribution is 7.89. The maximum absolute atomic E-state index is 12.9. The number of piperazine rings is 1. The summed E-state index contributed by atoms with van der Waals surface area (Å²) < 4.78 is 38.0. The molecule has 0 aromatic heterocycles. The average molecular weight is 428 g/mol. The molecule has 2 rings (SSSR count). The molecule has 0 aliphatic carbocycles. The van der Waals surface area contributed by atoms with E-state index in [4.69, 9.17) is 9.47 Å². The van der Waals surface area contributed by atoms with Crippen molar-refractivity contribution < 1.29 is 22.7 Å². The SMILES string of the molecule is CCOCCOc1ccc(S(=O)(=O)N2CCN(CC(=O)N(CC)CC)CC2)cc1. The van der Waals surface area contributed by atoms with Crippen molar-refractivity contribution in [2.45, 2.75) is 25.7 Å². The van der Waals surface area contributed by atoms with Crippen LogP contribution in [0.2, 0.25) is 0 Å². The fourth-order valence-electron chi connectivity index (χ4n) is 3.22. The molecule has 9 heteroatoms. The van der Waals surface area contributed by atoms with Gasteiger partial charge in [0.1, 0.15) is 12.4 Å². The molecule has 1 aliphatic rings. The summed E-state index contributed by atoms with van der Waals surface area (Å²) in [7, 11) is -3.55. The fraction of sp³-hybridized carbons (Fsp3) is 0.650. The Kier molecular flexibility index (Phi) is 9.35. The van der Waals surface area contributed by atoms with E-state index < -0.39 is 10.0 Å². The van der Waals surface area contributed by atoms with Crippen molar-refractivity contribution in [1.29, 1.82) is 0 Å². The summed E-state index contributed by atoms with van der Waals surface area (Å²) in [6.45, 7) is 11.0. The number of benzene rings is 1. The fourth-order valence-corrected chi connectivity index (χ4v) is 4.64. The van der Waals surface area contributed by atoms with Crippen molar-refractivity contribution in [3.63, 3.8) is 0 Å². The Morgan fingerprint density at radius 1 is 1.00 bits per heavy atom. The average Bonchev–Trinajstić information content (AvgIpc) is 2.73. The zero-order chi connectivity index (χ0) is 21.3. The van der Waals surface area contributed by atoms with E-state index in [1.807, 2.05) is 25.7 Å². The van der Waals surface area contributed by atoms with E-state index in [1.165, 1.54) is 4.31 Å². The minimum atomic E-state index is -3.55. The van der Waals surface area contributed by atoms with Gasteiger partial charge in [0.05, 0.1) is 18.0 Å². The lowest BCUT2D eigenvalue weighted by molar-refractivity contribution is -0.132. The van der Waals surface area contributed by atoms with Crippen molar-refractivity contribution in [2.24, 2.45) is 0 Å². The second kappa shape index (κ2) is 11.5. The van der Waals surface area contributed by atoms with Crippen molar-refractivity contribution in [1.82, 2.24) is 14.1 Å². The number of carbonyl (C=O) groups excluding carboxylic acids is 1. The lowest BCUT2D eigenvalue weighted by Crippen LogP contribution is -2.51. The smallest absolute Gasteiger partial charge is 0.243 e. The van der Waals surface area contributed by atoms with Gasteiger partial charge < -0.3 is 14.4 Å². The minimum absolute atomic E-state index is 0.0891. The van der Waals surface area contributed by atoms with Gasteiger partial charge in [-0.15, -0.1) is 0 Å². The molecular weight excluding hydrogens is 394 g/mol. The summed E-state index contributed by atoms with van der Waals surface area (Å²) in [6.07, 6.45) is 0. The first-order valence-electron chi connectivity index (χ1n) is 10.2. The Hall–Kier alpha value is -1.68. The highest BCUT2D eigenvalue weighted by Crippen LogP contribution is 2.21. The van der Waals surface area contributed by atoms with Crippen molar-refractivity contribution in [2.75, 3.05) is 65.6 Å². The quantitative estimate of drug-likeness (QED) is 0.495. The molecule has 0 saturated carbocycles. The van der Waals surface area contributed by atoms with Gasteiger partial charge in [0.15, 0.2) is 0 Å². The van der Waals surface area contributed by atoms with E-state index in [9.17, 15) is 13.2 Å². The molecule has 1 aromatic carbocycles.